The summed E-state index contributed by atoms with van der Waals surface area (Å²) in [4.78, 5) is 0. The van der Waals surface area contributed by atoms with E-state index < -0.39 is 105 Å². The van der Waals surface area contributed by atoms with Crippen LogP contribution in [0, 0.1) is 5.92 Å². The van der Waals surface area contributed by atoms with Gasteiger partial charge < -0.3 is 71.0 Å². The molecule has 14 nitrogen and oxygen atoms in total. The average Bonchev–Trinajstić information content (AvgIpc) is 2.83. The summed E-state index contributed by atoms with van der Waals surface area (Å²) in [7, 11) is 0. The van der Waals surface area contributed by atoms with Gasteiger partial charge in [0.25, 0.3) is 0 Å². The van der Waals surface area contributed by atoms with Gasteiger partial charge in [0.2, 0.25) is 0 Å². The van der Waals surface area contributed by atoms with E-state index >= 15 is 0 Å². The van der Waals surface area contributed by atoms with Crippen molar-refractivity contribution in [3.63, 3.8) is 0 Å². The molecular formula is C20H35NO13. The van der Waals surface area contributed by atoms with Crippen LogP contribution in [-0.2, 0) is 9.47 Å². The maximum absolute atomic E-state index is 10.7. The summed E-state index contributed by atoms with van der Waals surface area (Å²) in [5.41, 5.74) is 0.0590. The van der Waals surface area contributed by atoms with E-state index in [4.69, 9.17) is 9.47 Å². The second-order valence-electron chi connectivity index (χ2n) is 9.08. The summed E-state index contributed by atoms with van der Waals surface area (Å²) in [5.74, 6) is -0.833. The van der Waals surface area contributed by atoms with Gasteiger partial charge in [-0.25, -0.2) is 0 Å². The van der Waals surface area contributed by atoms with Gasteiger partial charge in [0, 0.05) is 18.6 Å². The van der Waals surface area contributed by atoms with Crippen LogP contribution in [0.3, 0.4) is 0 Å². The molecule has 3 rings (SSSR count). The first-order valence-electron chi connectivity index (χ1n) is 11.1. The molecular weight excluding hydrogens is 462 g/mol. The topological polar surface area (TPSA) is 253 Å². The van der Waals surface area contributed by atoms with Crippen LogP contribution < -0.4 is 5.32 Å². The van der Waals surface area contributed by atoms with Crippen molar-refractivity contribution in [2.24, 2.45) is 5.92 Å². The lowest BCUT2D eigenvalue weighted by Crippen LogP contribution is -2.66. The highest BCUT2D eigenvalue weighted by Crippen LogP contribution is 2.33. The first kappa shape index (κ1) is 27.8. The summed E-state index contributed by atoms with van der Waals surface area (Å²) in [6.07, 6.45) is -15.7. The van der Waals surface area contributed by atoms with Crippen molar-refractivity contribution in [3.05, 3.63) is 11.6 Å². The molecule has 12 N–H and O–H groups in total. The van der Waals surface area contributed by atoms with Crippen molar-refractivity contribution in [2.45, 2.75) is 85.8 Å². The Morgan fingerprint density at radius 3 is 2.06 bits per heavy atom. The van der Waals surface area contributed by atoms with Crippen LogP contribution >= 0.6 is 0 Å². The van der Waals surface area contributed by atoms with Crippen molar-refractivity contribution >= 4 is 0 Å². The van der Waals surface area contributed by atoms with Crippen LogP contribution in [0.1, 0.15) is 6.42 Å². The predicted molar refractivity (Wildman–Crippen MR) is 110 cm³/mol. The lowest BCUT2D eigenvalue weighted by molar-refractivity contribution is -0.328. The Bertz CT molecular complexity index is 693. The molecule has 0 radical (unpaired) electrons. The molecule has 0 amide bonds. The fourth-order valence-electron chi connectivity index (χ4n) is 4.77. The summed E-state index contributed by atoms with van der Waals surface area (Å²) < 4.78 is 10.9. The number of hydrogen-bond acceptors (Lipinski definition) is 14. The van der Waals surface area contributed by atoms with Gasteiger partial charge in [-0.1, -0.05) is 6.08 Å². The third kappa shape index (κ3) is 5.30. The minimum Gasteiger partial charge on any atom is -0.396 e. The van der Waals surface area contributed by atoms with E-state index in [0.29, 0.717) is 0 Å². The Morgan fingerprint density at radius 1 is 0.794 bits per heavy atom. The lowest BCUT2D eigenvalue weighted by Gasteiger charge is -2.47. The molecule has 1 aliphatic heterocycles. The zero-order chi connectivity index (χ0) is 25.3. The number of aliphatic hydroxyl groups is 11. The zero-order valence-corrected chi connectivity index (χ0v) is 18.2. The highest BCUT2D eigenvalue weighted by Gasteiger charge is 2.50. The fraction of sp³-hybridized carbons (Fsp3) is 0.900. The Kier molecular flexibility index (Phi) is 9.38. The van der Waals surface area contributed by atoms with E-state index in [9.17, 15) is 56.2 Å². The maximum atomic E-state index is 10.7. The maximum Gasteiger partial charge on any atom is 0.187 e. The van der Waals surface area contributed by atoms with E-state index in [0.717, 1.165) is 0 Å². The molecule has 1 saturated carbocycles. The van der Waals surface area contributed by atoms with Gasteiger partial charge in [-0.05, 0) is 12.0 Å². The van der Waals surface area contributed by atoms with Gasteiger partial charge in [-0.2, -0.15) is 0 Å². The Balaban J connectivity index is 1.73. The van der Waals surface area contributed by atoms with E-state index in [1.807, 2.05) is 0 Å². The molecule has 1 heterocycles. The second-order valence-corrected chi connectivity index (χ2v) is 9.08. The molecule has 3 aliphatic rings. The molecule has 14 atom stereocenters. The normalized spacial score (nSPS) is 50.1. The standard InChI is InChI=1S/C20H35NO13/c22-3-6-1-8(12(26)15(29)11(6)25)21-9-2-7(4-23)19(17(31)13(9)27)34-20-18(32)16(30)14(28)10(5-24)33-20/h1,7-32H,2-5H2/t7-,8+,9+,10-,11-,12+,13+,14+,15+,16+,17-,18-,19-,20+/m1/s1. The number of rotatable bonds is 7. The third-order valence-corrected chi connectivity index (χ3v) is 6.90. The van der Waals surface area contributed by atoms with Crippen molar-refractivity contribution in [2.75, 3.05) is 19.8 Å². The first-order valence-corrected chi connectivity index (χ1v) is 11.1. The number of nitrogens with one attached hydrogen (secondary N) is 1. The third-order valence-electron chi connectivity index (χ3n) is 6.90. The van der Waals surface area contributed by atoms with Crippen LogP contribution in [0.25, 0.3) is 0 Å². The highest BCUT2D eigenvalue weighted by atomic mass is 16.7. The van der Waals surface area contributed by atoms with Gasteiger partial charge in [-0.15, -0.1) is 0 Å². The largest absolute Gasteiger partial charge is 0.396 e. The molecule has 2 aliphatic carbocycles. The van der Waals surface area contributed by atoms with Crippen LogP contribution in [0.2, 0.25) is 0 Å². The Morgan fingerprint density at radius 2 is 1.47 bits per heavy atom. The summed E-state index contributed by atoms with van der Waals surface area (Å²) in [6, 6.07) is -1.94. The highest BCUT2D eigenvalue weighted by molar-refractivity contribution is 5.22. The van der Waals surface area contributed by atoms with Crippen molar-refractivity contribution in [1.82, 2.24) is 5.32 Å². The number of ether oxygens (including phenoxy) is 2. The van der Waals surface area contributed by atoms with Gasteiger partial charge >= 0.3 is 0 Å². The molecule has 198 valence electrons. The summed E-state index contributed by atoms with van der Waals surface area (Å²) in [5, 5.41) is 113. The van der Waals surface area contributed by atoms with Crippen molar-refractivity contribution in [1.29, 1.82) is 0 Å². The van der Waals surface area contributed by atoms with Crippen LogP contribution in [0.15, 0.2) is 11.6 Å². The monoisotopic (exact) mass is 497 g/mol. The SMILES string of the molecule is OCC1=C[C@H](N[C@H]2C[C@H](CO)[C@@H](O[C@@H]3O[C@H](CO)[C@H](O)[C@H](O)[C@H]3O)[C@H](O)[C@H]2O)[C@H](O)[C@@H](O)[C@@H]1O. The molecule has 2 fully saturated rings. The molecule has 0 bridgehead atoms. The Labute approximate surface area is 194 Å². The van der Waals surface area contributed by atoms with Crippen LogP contribution in [0.5, 0.6) is 0 Å². The van der Waals surface area contributed by atoms with Gasteiger partial charge in [0.05, 0.1) is 31.5 Å². The minimum atomic E-state index is -1.75. The van der Waals surface area contributed by atoms with Gasteiger partial charge in [0.1, 0.15) is 48.8 Å². The minimum absolute atomic E-state index is 0.0129. The number of hydrogen-bond donors (Lipinski definition) is 12. The quantitative estimate of drug-likeness (QED) is 0.146. The second kappa shape index (κ2) is 11.5. The molecule has 1 saturated heterocycles. The summed E-state index contributed by atoms with van der Waals surface area (Å²) in [6.45, 7) is -1.80. The molecule has 14 heteroatoms. The van der Waals surface area contributed by atoms with Crippen molar-refractivity contribution in [3.8, 4) is 0 Å². The van der Waals surface area contributed by atoms with Crippen LogP contribution in [0.4, 0.5) is 0 Å². The smallest absolute Gasteiger partial charge is 0.187 e. The molecule has 0 aromatic carbocycles. The molecule has 34 heavy (non-hydrogen) atoms. The van der Waals surface area contributed by atoms with E-state index in [1.165, 1.54) is 6.08 Å². The van der Waals surface area contributed by atoms with Crippen LogP contribution in [-0.4, -0.2) is 155 Å². The first-order chi connectivity index (χ1) is 16.0. The number of aliphatic hydroxyl groups excluding tert-OH is 11. The molecule has 0 aromatic heterocycles. The predicted octanol–water partition coefficient (Wildman–Crippen LogP) is -6.75. The molecule has 0 spiro atoms. The lowest BCUT2D eigenvalue weighted by atomic mass is 9.78. The van der Waals surface area contributed by atoms with E-state index in [1.54, 1.807) is 0 Å². The van der Waals surface area contributed by atoms with E-state index in [-0.39, 0.29) is 12.0 Å². The molecule has 0 aromatic rings. The van der Waals surface area contributed by atoms with Gasteiger partial charge in [-0.3, -0.25) is 0 Å². The fourth-order valence-corrected chi connectivity index (χ4v) is 4.77. The average molecular weight is 497 g/mol. The summed E-state index contributed by atoms with van der Waals surface area (Å²) >= 11 is 0. The molecule has 0 unspecified atom stereocenters. The van der Waals surface area contributed by atoms with E-state index in [2.05, 4.69) is 5.32 Å². The Hall–Kier alpha value is -0.820. The van der Waals surface area contributed by atoms with Gasteiger partial charge in [0.15, 0.2) is 6.29 Å². The zero-order valence-electron chi connectivity index (χ0n) is 18.2. The van der Waals surface area contributed by atoms with Crippen molar-refractivity contribution < 1.29 is 65.6 Å².